The first-order valence-electron chi connectivity index (χ1n) is 12.8. The summed E-state index contributed by atoms with van der Waals surface area (Å²) in [6, 6.07) is 10.4. The van der Waals surface area contributed by atoms with Gasteiger partial charge in [-0.15, -0.1) is 11.6 Å². The van der Waals surface area contributed by atoms with Gasteiger partial charge in [0.2, 0.25) is 23.6 Å². The molecule has 5 N–H and O–H groups in total. The number of alkyl halides is 1. The van der Waals surface area contributed by atoms with Crippen molar-refractivity contribution in [2.24, 2.45) is 5.73 Å². The number of halogens is 2. The van der Waals surface area contributed by atoms with Crippen molar-refractivity contribution in [2.75, 3.05) is 12.4 Å². The molecule has 2 heterocycles. The van der Waals surface area contributed by atoms with E-state index in [9.17, 15) is 23.6 Å². The Kier molecular flexibility index (Phi) is 9.19. The summed E-state index contributed by atoms with van der Waals surface area (Å²) >= 11 is 5.67. The number of hydrogen-bond acceptors (Lipinski definition) is 4. The predicted molar refractivity (Wildman–Crippen MR) is 145 cm³/mol. The lowest BCUT2D eigenvalue weighted by Gasteiger charge is -2.37. The van der Waals surface area contributed by atoms with Crippen molar-refractivity contribution in [1.29, 1.82) is 0 Å². The summed E-state index contributed by atoms with van der Waals surface area (Å²) in [7, 11) is 0. The molecule has 0 bridgehead atoms. The number of piperidine rings is 1. The minimum absolute atomic E-state index is 0.0943. The molecular weight excluding hydrogens is 525 g/mol. The number of likely N-dealkylation sites (tertiary alicyclic amines) is 1. The standard InChI is InChI=1S/C28H31ClFN5O4/c29-15-25(36)33-23(13-17-8-10-19(30)11-9-17)28(39)35-12-4-3-7-24(35)27(38)34-22(26(31)37)14-18-16-32-21-6-2-1-5-20(18)21/h1-2,5-6,8-11,16,22-24,32H,3-4,7,12-15H2,(H2,31,37)(H,33,36)(H,34,38)/t22-,23-,24-/m0/s1. The molecule has 39 heavy (non-hydrogen) atoms. The lowest BCUT2D eigenvalue weighted by molar-refractivity contribution is -0.145. The molecule has 2 aromatic carbocycles. The first kappa shape index (κ1) is 28.1. The van der Waals surface area contributed by atoms with Gasteiger partial charge in [0.25, 0.3) is 0 Å². The number of hydrogen-bond donors (Lipinski definition) is 4. The van der Waals surface area contributed by atoms with E-state index in [1.807, 2.05) is 24.3 Å². The SMILES string of the molecule is NC(=O)[C@H](Cc1c[nH]c2ccccc12)NC(=O)[C@@H]1CCCCN1C(=O)[C@H](Cc1ccc(F)cc1)NC(=O)CCl. The smallest absolute Gasteiger partial charge is 0.246 e. The van der Waals surface area contributed by atoms with Crippen LogP contribution in [0.1, 0.15) is 30.4 Å². The van der Waals surface area contributed by atoms with Gasteiger partial charge < -0.3 is 26.3 Å². The maximum absolute atomic E-state index is 13.7. The van der Waals surface area contributed by atoms with Crippen LogP contribution in [0.2, 0.25) is 0 Å². The molecular formula is C28H31ClFN5O4. The van der Waals surface area contributed by atoms with E-state index >= 15 is 0 Å². The van der Waals surface area contributed by atoms with Crippen molar-refractivity contribution in [2.45, 2.75) is 50.2 Å². The van der Waals surface area contributed by atoms with Gasteiger partial charge in [0.15, 0.2) is 0 Å². The van der Waals surface area contributed by atoms with Crippen molar-refractivity contribution in [3.63, 3.8) is 0 Å². The van der Waals surface area contributed by atoms with Gasteiger partial charge in [-0.05, 0) is 48.6 Å². The highest BCUT2D eigenvalue weighted by Crippen LogP contribution is 2.22. The van der Waals surface area contributed by atoms with E-state index in [4.69, 9.17) is 17.3 Å². The maximum Gasteiger partial charge on any atom is 0.246 e. The maximum atomic E-state index is 13.7. The van der Waals surface area contributed by atoms with Crippen LogP contribution in [0.25, 0.3) is 10.9 Å². The van der Waals surface area contributed by atoms with Gasteiger partial charge in [-0.3, -0.25) is 19.2 Å². The normalized spacial score (nSPS) is 16.9. The van der Waals surface area contributed by atoms with Crippen molar-refractivity contribution in [3.8, 4) is 0 Å². The molecule has 0 unspecified atom stereocenters. The molecule has 1 aliphatic rings. The lowest BCUT2D eigenvalue weighted by Crippen LogP contribution is -2.60. The molecule has 1 aliphatic heterocycles. The van der Waals surface area contributed by atoms with Crippen molar-refractivity contribution < 1.29 is 23.6 Å². The summed E-state index contributed by atoms with van der Waals surface area (Å²) in [5.41, 5.74) is 8.02. The zero-order chi connectivity index (χ0) is 27.9. The van der Waals surface area contributed by atoms with Crippen molar-refractivity contribution >= 4 is 46.1 Å². The van der Waals surface area contributed by atoms with E-state index < -0.39 is 47.6 Å². The summed E-state index contributed by atoms with van der Waals surface area (Å²) in [6.07, 6.45) is 3.84. The van der Waals surface area contributed by atoms with Gasteiger partial charge in [0, 0.05) is 36.5 Å². The second-order valence-electron chi connectivity index (χ2n) is 9.65. The van der Waals surface area contributed by atoms with Gasteiger partial charge in [-0.1, -0.05) is 30.3 Å². The van der Waals surface area contributed by atoms with Crippen LogP contribution < -0.4 is 16.4 Å². The highest BCUT2D eigenvalue weighted by Gasteiger charge is 2.37. The molecule has 0 spiro atoms. The Morgan fingerprint density at radius 3 is 2.49 bits per heavy atom. The second-order valence-corrected chi connectivity index (χ2v) is 9.92. The largest absolute Gasteiger partial charge is 0.368 e. The first-order valence-corrected chi connectivity index (χ1v) is 13.3. The molecule has 1 saturated heterocycles. The molecule has 1 aromatic heterocycles. The van der Waals surface area contributed by atoms with Gasteiger partial charge in [-0.25, -0.2) is 4.39 Å². The van der Waals surface area contributed by atoms with E-state index in [2.05, 4.69) is 15.6 Å². The Morgan fingerprint density at radius 1 is 1.03 bits per heavy atom. The average molecular weight is 556 g/mol. The van der Waals surface area contributed by atoms with E-state index in [0.29, 0.717) is 31.4 Å². The molecule has 3 aromatic rings. The average Bonchev–Trinajstić information content (AvgIpc) is 3.35. The third-order valence-corrected chi connectivity index (χ3v) is 7.20. The highest BCUT2D eigenvalue weighted by atomic mass is 35.5. The molecule has 9 nitrogen and oxygen atoms in total. The highest BCUT2D eigenvalue weighted by molar-refractivity contribution is 6.27. The summed E-state index contributed by atoms with van der Waals surface area (Å²) in [5, 5.41) is 6.30. The van der Waals surface area contributed by atoms with Crippen molar-refractivity contribution in [3.05, 3.63) is 71.7 Å². The Bertz CT molecular complexity index is 1350. The number of carbonyl (C=O) groups excluding carboxylic acids is 4. The fourth-order valence-corrected chi connectivity index (χ4v) is 5.05. The van der Waals surface area contributed by atoms with Crippen LogP contribution in [0.15, 0.2) is 54.7 Å². The summed E-state index contributed by atoms with van der Waals surface area (Å²) in [6.45, 7) is 0.303. The molecule has 11 heteroatoms. The molecule has 0 aliphatic carbocycles. The Morgan fingerprint density at radius 2 is 1.77 bits per heavy atom. The number of para-hydroxylation sites is 1. The van der Waals surface area contributed by atoms with E-state index in [0.717, 1.165) is 16.5 Å². The Balaban J connectivity index is 1.51. The van der Waals surface area contributed by atoms with Crippen LogP contribution in [0, 0.1) is 5.82 Å². The van der Waals surface area contributed by atoms with E-state index in [1.54, 1.807) is 6.20 Å². The number of benzene rings is 2. The number of aromatic amines is 1. The number of nitrogens with one attached hydrogen (secondary N) is 3. The molecule has 4 rings (SSSR count). The Hall–Kier alpha value is -3.92. The van der Waals surface area contributed by atoms with Crippen LogP contribution in [0.3, 0.4) is 0 Å². The third-order valence-electron chi connectivity index (χ3n) is 6.96. The van der Waals surface area contributed by atoms with Crippen LogP contribution in [0.4, 0.5) is 4.39 Å². The number of nitrogens with zero attached hydrogens (tertiary/aromatic N) is 1. The molecule has 4 amide bonds. The van der Waals surface area contributed by atoms with E-state index in [1.165, 1.54) is 29.2 Å². The predicted octanol–water partition coefficient (Wildman–Crippen LogP) is 2.17. The van der Waals surface area contributed by atoms with Crippen LogP contribution >= 0.6 is 11.6 Å². The van der Waals surface area contributed by atoms with Crippen LogP contribution in [-0.2, 0) is 32.0 Å². The Labute approximate surface area is 230 Å². The van der Waals surface area contributed by atoms with Gasteiger partial charge in [-0.2, -0.15) is 0 Å². The number of carbonyl (C=O) groups is 4. The number of amides is 4. The fourth-order valence-electron chi connectivity index (χ4n) is 4.97. The molecule has 0 saturated carbocycles. The summed E-state index contributed by atoms with van der Waals surface area (Å²) in [4.78, 5) is 56.1. The van der Waals surface area contributed by atoms with Gasteiger partial charge >= 0.3 is 0 Å². The number of nitrogens with two attached hydrogens (primary N) is 1. The zero-order valence-corrected chi connectivity index (χ0v) is 22.0. The molecule has 3 atom stereocenters. The quantitative estimate of drug-likeness (QED) is 0.285. The van der Waals surface area contributed by atoms with Crippen LogP contribution in [-0.4, -0.2) is 64.1 Å². The topological polar surface area (TPSA) is 137 Å². The zero-order valence-electron chi connectivity index (χ0n) is 21.3. The first-order chi connectivity index (χ1) is 18.8. The third kappa shape index (κ3) is 6.94. The number of fused-ring (bicyclic) bond motifs is 1. The number of rotatable bonds is 10. The monoisotopic (exact) mass is 555 g/mol. The number of aromatic nitrogens is 1. The van der Waals surface area contributed by atoms with Crippen LogP contribution in [0.5, 0.6) is 0 Å². The minimum atomic E-state index is -1.01. The van der Waals surface area contributed by atoms with Gasteiger partial charge in [0.05, 0.1) is 0 Å². The second kappa shape index (κ2) is 12.8. The lowest BCUT2D eigenvalue weighted by atomic mass is 9.97. The number of H-pyrrole nitrogens is 1. The molecule has 0 radical (unpaired) electrons. The minimum Gasteiger partial charge on any atom is -0.368 e. The van der Waals surface area contributed by atoms with Crippen molar-refractivity contribution in [1.82, 2.24) is 20.5 Å². The van der Waals surface area contributed by atoms with Gasteiger partial charge in [0.1, 0.15) is 29.8 Å². The summed E-state index contributed by atoms with van der Waals surface area (Å²) in [5.74, 6) is -2.93. The van der Waals surface area contributed by atoms with E-state index in [-0.39, 0.29) is 18.7 Å². The molecule has 206 valence electrons. The summed E-state index contributed by atoms with van der Waals surface area (Å²) < 4.78 is 13.4. The molecule has 1 fully saturated rings. The fraction of sp³-hybridized carbons (Fsp3) is 0.357. The number of primary amides is 1.